The van der Waals surface area contributed by atoms with Gasteiger partial charge < -0.3 is 14.7 Å². The van der Waals surface area contributed by atoms with E-state index in [1.807, 2.05) is 22.7 Å². The molecule has 6 nitrogen and oxygen atoms in total. The van der Waals surface area contributed by atoms with Crippen molar-refractivity contribution in [2.24, 2.45) is 0 Å². The minimum absolute atomic E-state index is 0.209. The van der Waals surface area contributed by atoms with Crippen LogP contribution in [-0.2, 0) is 4.79 Å². The van der Waals surface area contributed by atoms with Gasteiger partial charge in [0, 0.05) is 50.0 Å². The number of thioether (sulfide) groups is 1. The highest BCUT2D eigenvalue weighted by molar-refractivity contribution is 7.99. The lowest BCUT2D eigenvalue weighted by molar-refractivity contribution is -0.130. The third-order valence-electron chi connectivity index (χ3n) is 4.83. The van der Waals surface area contributed by atoms with Gasteiger partial charge in [-0.3, -0.25) is 4.79 Å². The van der Waals surface area contributed by atoms with Gasteiger partial charge in [-0.1, -0.05) is 12.1 Å². The van der Waals surface area contributed by atoms with Gasteiger partial charge in [0.1, 0.15) is 0 Å². The number of benzene rings is 1. The van der Waals surface area contributed by atoms with E-state index in [-0.39, 0.29) is 5.91 Å². The maximum absolute atomic E-state index is 12.9. The maximum Gasteiger partial charge on any atom is 0.242 e. The molecule has 1 aromatic heterocycles. The van der Waals surface area contributed by atoms with Gasteiger partial charge in [0.25, 0.3) is 0 Å². The molecule has 1 amide bonds. The first kappa shape index (κ1) is 17.1. The summed E-state index contributed by atoms with van der Waals surface area (Å²) in [5, 5.41) is 0. The zero-order valence-electron chi connectivity index (χ0n) is 14.8. The van der Waals surface area contributed by atoms with Crippen molar-refractivity contribution in [1.82, 2.24) is 14.9 Å². The number of aromatic nitrogens is 2. The summed E-state index contributed by atoms with van der Waals surface area (Å²) < 4.78 is 0. The van der Waals surface area contributed by atoms with Gasteiger partial charge in [0.15, 0.2) is 0 Å². The zero-order chi connectivity index (χ0) is 17.8. The average molecular weight is 369 g/mol. The summed E-state index contributed by atoms with van der Waals surface area (Å²) in [6, 6.07) is 10.2. The van der Waals surface area contributed by atoms with Crippen LogP contribution in [0.2, 0.25) is 0 Å². The van der Waals surface area contributed by atoms with Crippen molar-refractivity contribution in [2.45, 2.75) is 11.3 Å². The van der Waals surface area contributed by atoms with Crippen LogP contribution in [0.15, 0.2) is 47.6 Å². The molecular weight excluding hydrogens is 346 g/mol. The molecule has 26 heavy (non-hydrogen) atoms. The standard InChI is InChI=1S/C19H23N5OS/c25-18(15-24-9-4-14-26-17-6-2-1-5-16(17)24)22-10-12-23(13-11-22)19-20-7-3-8-21-19/h1-3,5-8H,4,9-15H2. The molecule has 0 bridgehead atoms. The highest BCUT2D eigenvalue weighted by Gasteiger charge is 2.25. The molecule has 3 heterocycles. The van der Waals surface area contributed by atoms with Gasteiger partial charge in [-0.25, -0.2) is 9.97 Å². The monoisotopic (exact) mass is 369 g/mol. The molecule has 0 N–H and O–H groups in total. The lowest BCUT2D eigenvalue weighted by atomic mass is 10.2. The number of carbonyl (C=O) groups is 1. The van der Waals surface area contributed by atoms with Crippen molar-refractivity contribution >= 4 is 29.3 Å². The van der Waals surface area contributed by atoms with E-state index in [4.69, 9.17) is 0 Å². The molecule has 0 radical (unpaired) electrons. The zero-order valence-corrected chi connectivity index (χ0v) is 15.6. The minimum Gasteiger partial charge on any atom is -0.361 e. The van der Waals surface area contributed by atoms with Gasteiger partial charge in [-0.2, -0.15) is 0 Å². The van der Waals surface area contributed by atoms with Gasteiger partial charge in [0.2, 0.25) is 11.9 Å². The van der Waals surface area contributed by atoms with Crippen molar-refractivity contribution in [3.05, 3.63) is 42.7 Å². The second-order valence-corrected chi connectivity index (χ2v) is 7.64. The number of fused-ring (bicyclic) bond motifs is 1. The van der Waals surface area contributed by atoms with E-state index in [0.29, 0.717) is 6.54 Å². The van der Waals surface area contributed by atoms with E-state index in [2.05, 4.69) is 44.0 Å². The molecule has 0 spiro atoms. The largest absolute Gasteiger partial charge is 0.361 e. The molecule has 1 aromatic carbocycles. The van der Waals surface area contributed by atoms with Crippen LogP contribution in [0.5, 0.6) is 0 Å². The van der Waals surface area contributed by atoms with Crippen LogP contribution in [0.4, 0.5) is 11.6 Å². The second-order valence-electron chi connectivity index (χ2n) is 6.51. The van der Waals surface area contributed by atoms with Crippen LogP contribution < -0.4 is 9.80 Å². The number of rotatable bonds is 3. The molecule has 0 unspecified atom stereocenters. The molecule has 2 aromatic rings. The van der Waals surface area contributed by atoms with Gasteiger partial charge >= 0.3 is 0 Å². The first-order valence-corrected chi connectivity index (χ1v) is 10.1. The summed E-state index contributed by atoms with van der Waals surface area (Å²) in [5.41, 5.74) is 1.19. The number of hydrogen-bond acceptors (Lipinski definition) is 6. The fourth-order valence-corrected chi connectivity index (χ4v) is 4.45. The normalized spacial score (nSPS) is 17.6. The molecule has 2 aliphatic rings. The number of nitrogens with zero attached hydrogens (tertiary/aromatic N) is 5. The average Bonchev–Trinajstić information content (AvgIpc) is 2.91. The summed E-state index contributed by atoms with van der Waals surface area (Å²) in [6.07, 6.45) is 4.62. The Morgan fingerprint density at radius 2 is 1.77 bits per heavy atom. The summed E-state index contributed by atoms with van der Waals surface area (Å²) in [4.78, 5) is 29.1. The third-order valence-corrected chi connectivity index (χ3v) is 5.98. The predicted octanol–water partition coefficient (Wildman–Crippen LogP) is 2.13. The number of anilines is 2. The van der Waals surface area contributed by atoms with Crippen molar-refractivity contribution in [3.8, 4) is 0 Å². The highest BCUT2D eigenvalue weighted by Crippen LogP contribution is 2.33. The lowest BCUT2D eigenvalue weighted by Crippen LogP contribution is -2.51. The maximum atomic E-state index is 12.9. The summed E-state index contributed by atoms with van der Waals surface area (Å²) >= 11 is 1.89. The van der Waals surface area contributed by atoms with Crippen molar-refractivity contribution in [3.63, 3.8) is 0 Å². The molecule has 0 saturated carbocycles. The number of para-hydroxylation sites is 1. The van der Waals surface area contributed by atoms with Gasteiger partial charge in [0.05, 0.1) is 12.2 Å². The van der Waals surface area contributed by atoms with Crippen LogP contribution in [-0.4, -0.2) is 65.8 Å². The van der Waals surface area contributed by atoms with Crippen LogP contribution in [0.25, 0.3) is 0 Å². The summed E-state index contributed by atoms with van der Waals surface area (Å²) in [7, 11) is 0. The van der Waals surface area contributed by atoms with E-state index >= 15 is 0 Å². The van der Waals surface area contributed by atoms with Crippen LogP contribution in [0.1, 0.15) is 6.42 Å². The first-order valence-electron chi connectivity index (χ1n) is 9.08. The second kappa shape index (κ2) is 7.95. The van der Waals surface area contributed by atoms with Crippen LogP contribution >= 0.6 is 11.8 Å². The fourth-order valence-electron chi connectivity index (χ4n) is 3.44. The third kappa shape index (κ3) is 3.77. The van der Waals surface area contributed by atoms with E-state index in [0.717, 1.165) is 50.8 Å². The highest BCUT2D eigenvalue weighted by atomic mass is 32.2. The molecule has 0 aliphatic carbocycles. The quantitative estimate of drug-likeness (QED) is 0.826. The Morgan fingerprint density at radius 3 is 2.58 bits per heavy atom. The first-order chi connectivity index (χ1) is 12.8. The number of carbonyl (C=O) groups excluding carboxylic acids is 1. The van der Waals surface area contributed by atoms with E-state index in [9.17, 15) is 4.79 Å². The number of hydrogen-bond donors (Lipinski definition) is 0. The van der Waals surface area contributed by atoms with Crippen LogP contribution in [0.3, 0.4) is 0 Å². The Kier molecular flexibility index (Phi) is 5.24. The Labute approximate surface area is 158 Å². The predicted molar refractivity (Wildman–Crippen MR) is 105 cm³/mol. The van der Waals surface area contributed by atoms with Crippen LogP contribution in [0, 0.1) is 0 Å². The van der Waals surface area contributed by atoms with Gasteiger partial charge in [-0.15, -0.1) is 11.8 Å². The van der Waals surface area contributed by atoms with E-state index in [1.165, 1.54) is 10.6 Å². The Bertz CT molecular complexity index is 749. The number of piperazine rings is 1. The molecular formula is C19H23N5OS. The van der Waals surface area contributed by atoms with Crippen molar-refractivity contribution in [2.75, 3.05) is 54.8 Å². The Hall–Kier alpha value is -2.28. The Morgan fingerprint density at radius 1 is 1.00 bits per heavy atom. The summed E-state index contributed by atoms with van der Waals surface area (Å²) in [6.45, 7) is 4.40. The number of amides is 1. The fraction of sp³-hybridized carbons (Fsp3) is 0.421. The molecule has 7 heteroatoms. The topological polar surface area (TPSA) is 52.6 Å². The molecule has 4 rings (SSSR count). The SMILES string of the molecule is O=C(CN1CCCSc2ccccc21)N1CCN(c2ncccn2)CC1. The summed E-state index contributed by atoms with van der Waals surface area (Å²) in [5.74, 6) is 2.07. The minimum atomic E-state index is 0.209. The smallest absolute Gasteiger partial charge is 0.242 e. The van der Waals surface area contributed by atoms with Crippen molar-refractivity contribution < 1.29 is 4.79 Å². The molecule has 2 aliphatic heterocycles. The molecule has 1 saturated heterocycles. The molecule has 136 valence electrons. The van der Waals surface area contributed by atoms with Gasteiger partial charge in [-0.05, 0) is 30.4 Å². The van der Waals surface area contributed by atoms with E-state index < -0.39 is 0 Å². The van der Waals surface area contributed by atoms with Crippen molar-refractivity contribution in [1.29, 1.82) is 0 Å². The molecule has 1 fully saturated rings. The Balaban J connectivity index is 1.37. The lowest BCUT2D eigenvalue weighted by Gasteiger charge is -2.36. The van der Waals surface area contributed by atoms with E-state index in [1.54, 1.807) is 12.4 Å². The molecule has 0 atom stereocenters.